The Morgan fingerprint density at radius 1 is 1.05 bits per heavy atom. The third-order valence-electron chi connectivity index (χ3n) is 8.93. The van der Waals surface area contributed by atoms with E-state index >= 15 is 0 Å². The summed E-state index contributed by atoms with van der Waals surface area (Å²) >= 11 is 7.77. The van der Waals surface area contributed by atoms with E-state index in [9.17, 15) is 19.5 Å². The van der Waals surface area contributed by atoms with Crippen LogP contribution in [0.1, 0.15) is 26.7 Å². The molecule has 2 aromatic rings. The molecule has 0 saturated carbocycles. The summed E-state index contributed by atoms with van der Waals surface area (Å²) in [6, 6.07) is 15.0. The number of thioether (sulfide) groups is 1. The van der Waals surface area contributed by atoms with E-state index in [0.29, 0.717) is 23.7 Å². The zero-order valence-corrected chi connectivity index (χ0v) is 25.6. The van der Waals surface area contributed by atoms with Crippen LogP contribution in [0.15, 0.2) is 79.9 Å². The Labute approximate surface area is 257 Å². The van der Waals surface area contributed by atoms with Crippen molar-refractivity contribution in [3.05, 3.63) is 84.9 Å². The molecule has 2 unspecified atom stereocenters. The maximum Gasteiger partial charge on any atom is 0.251 e. The molecular weight excluding hydrogens is 570 g/mol. The Balaban J connectivity index is 1.60. The average Bonchev–Trinajstić information content (AvgIpc) is 3.63. The van der Waals surface area contributed by atoms with Crippen molar-refractivity contribution in [3.8, 4) is 0 Å². The van der Waals surface area contributed by atoms with Gasteiger partial charge < -0.3 is 19.8 Å². The Morgan fingerprint density at radius 3 is 2.21 bits per heavy atom. The van der Waals surface area contributed by atoms with Crippen molar-refractivity contribution >= 4 is 52.5 Å². The van der Waals surface area contributed by atoms with Crippen LogP contribution >= 0.6 is 23.4 Å². The van der Waals surface area contributed by atoms with Gasteiger partial charge in [-0.3, -0.25) is 14.4 Å². The molecule has 1 spiro atoms. The highest BCUT2D eigenvalue weighted by atomic mass is 35.5. The predicted octanol–water partition coefficient (Wildman–Crippen LogP) is 5.19. The van der Waals surface area contributed by atoms with Crippen LogP contribution in [0.4, 0.5) is 11.4 Å². The molecule has 0 aliphatic carbocycles. The number of halogens is 1. The molecule has 3 amide bonds. The van der Waals surface area contributed by atoms with Gasteiger partial charge >= 0.3 is 0 Å². The number of rotatable bonds is 11. The molecule has 9 heteroatoms. The van der Waals surface area contributed by atoms with Crippen molar-refractivity contribution in [2.45, 2.75) is 48.8 Å². The Morgan fingerprint density at radius 2 is 1.64 bits per heavy atom. The number of fused-ring (bicyclic) bond motifs is 1. The third kappa shape index (κ3) is 4.97. The van der Waals surface area contributed by atoms with E-state index in [0.717, 1.165) is 12.1 Å². The minimum absolute atomic E-state index is 0.0880. The number of aliphatic hydroxyl groups excluding tert-OH is 1. The number of carbonyl (C=O) groups is 3. The summed E-state index contributed by atoms with van der Waals surface area (Å²) in [5, 5.41) is 11.0. The molecule has 2 bridgehead atoms. The van der Waals surface area contributed by atoms with Crippen molar-refractivity contribution in [2.24, 2.45) is 17.8 Å². The molecule has 5 rings (SSSR count). The van der Waals surface area contributed by atoms with Gasteiger partial charge in [-0.2, -0.15) is 0 Å². The molecule has 0 aromatic heterocycles. The van der Waals surface area contributed by atoms with Crippen molar-refractivity contribution in [3.63, 3.8) is 0 Å². The topological polar surface area (TPSA) is 81.2 Å². The standard InChI is InChI=1S/C33H38ClN3O4S/c1-5-18-35(23-10-8-7-9-11-23)30(39)27-26-16-17-33(42-26)28(27)31(40)37(25(20-38)21(3)4)29(33)32(41)36(19-6-2)24-14-12-22(34)13-15-24/h5-15,21,25-29,38H,1-2,16-20H2,3-4H3/t25-,26+,27-,28-,29?,33?/m0/s1. The molecule has 42 heavy (non-hydrogen) atoms. The Hall–Kier alpha value is -3.07. The molecule has 1 N–H and O–H groups in total. The van der Waals surface area contributed by atoms with Gasteiger partial charge in [-0.1, -0.05) is 55.8 Å². The van der Waals surface area contributed by atoms with Crippen LogP contribution < -0.4 is 9.80 Å². The number of benzene rings is 2. The first kappa shape index (κ1) is 30.4. The molecule has 6 atom stereocenters. The van der Waals surface area contributed by atoms with Gasteiger partial charge in [0.15, 0.2) is 0 Å². The van der Waals surface area contributed by atoms with Crippen molar-refractivity contribution in [2.75, 3.05) is 29.5 Å². The van der Waals surface area contributed by atoms with Gasteiger partial charge in [0.05, 0.1) is 29.2 Å². The second kappa shape index (κ2) is 12.3. The van der Waals surface area contributed by atoms with Crippen LogP contribution in [0.25, 0.3) is 0 Å². The highest BCUT2D eigenvalue weighted by Gasteiger charge is 2.74. The number of aliphatic hydroxyl groups is 1. The summed E-state index contributed by atoms with van der Waals surface area (Å²) in [6.07, 6.45) is 4.72. The fourth-order valence-electron chi connectivity index (χ4n) is 7.09. The van der Waals surface area contributed by atoms with Gasteiger partial charge in [-0.05, 0) is 55.2 Å². The van der Waals surface area contributed by atoms with Crippen molar-refractivity contribution in [1.29, 1.82) is 0 Å². The summed E-state index contributed by atoms with van der Waals surface area (Å²) in [4.78, 5) is 48.7. The van der Waals surface area contributed by atoms with E-state index in [1.165, 1.54) is 0 Å². The zero-order valence-electron chi connectivity index (χ0n) is 24.1. The van der Waals surface area contributed by atoms with Crippen molar-refractivity contribution in [1.82, 2.24) is 4.90 Å². The van der Waals surface area contributed by atoms with E-state index in [-0.39, 0.29) is 42.0 Å². The van der Waals surface area contributed by atoms with Gasteiger partial charge in [0.2, 0.25) is 11.8 Å². The highest BCUT2D eigenvalue weighted by Crippen LogP contribution is 2.67. The summed E-state index contributed by atoms with van der Waals surface area (Å²) in [7, 11) is 0. The van der Waals surface area contributed by atoms with Crippen LogP contribution in [0.2, 0.25) is 5.02 Å². The molecule has 3 heterocycles. The van der Waals surface area contributed by atoms with E-state index in [1.807, 2.05) is 44.2 Å². The van der Waals surface area contributed by atoms with Crippen LogP contribution in [-0.2, 0) is 14.4 Å². The number of anilines is 2. The molecular formula is C33H38ClN3O4S. The lowest BCUT2D eigenvalue weighted by Crippen LogP contribution is -2.58. The monoisotopic (exact) mass is 607 g/mol. The number of hydrogen-bond acceptors (Lipinski definition) is 5. The molecule has 3 aliphatic heterocycles. The molecule has 7 nitrogen and oxygen atoms in total. The van der Waals surface area contributed by atoms with E-state index < -0.39 is 28.7 Å². The van der Waals surface area contributed by atoms with Crippen LogP contribution in [-0.4, -0.2) is 69.5 Å². The summed E-state index contributed by atoms with van der Waals surface area (Å²) in [5.74, 6) is -1.97. The zero-order chi connectivity index (χ0) is 30.2. The lowest BCUT2D eigenvalue weighted by atomic mass is 9.70. The van der Waals surface area contributed by atoms with E-state index in [2.05, 4.69) is 13.2 Å². The second-order valence-corrected chi connectivity index (χ2v) is 13.6. The third-order valence-corrected chi connectivity index (χ3v) is 11.1. The first-order chi connectivity index (χ1) is 20.2. The number of likely N-dealkylation sites (tertiary alicyclic amines) is 1. The fourth-order valence-corrected chi connectivity index (χ4v) is 9.41. The number of nitrogens with zero attached hydrogens (tertiary/aromatic N) is 3. The number of para-hydroxylation sites is 1. The summed E-state index contributed by atoms with van der Waals surface area (Å²) in [5.41, 5.74) is 1.39. The van der Waals surface area contributed by atoms with Crippen LogP contribution in [0.5, 0.6) is 0 Å². The molecule has 3 aliphatic rings. The largest absolute Gasteiger partial charge is 0.394 e. The summed E-state index contributed by atoms with van der Waals surface area (Å²) in [6.45, 7) is 11.9. The minimum atomic E-state index is -0.845. The first-order valence-electron chi connectivity index (χ1n) is 14.5. The van der Waals surface area contributed by atoms with Gasteiger partial charge in [-0.25, -0.2) is 0 Å². The number of hydrogen-bond donors (Lipinski definition) is 1. The molecule has 0 radical (unpaired) electrons. The molecule has 3 saturated heterocycles. The van der Waals surface area contributed by atoms with Crippen LogP contribution in [0.3, 0.4) is 0 Å². The summed E-state index contributed by atoms with van der Waals surface area (Å²) < 4.78 is -0.788. The van der Waals surface area contributed by atoms with E-state index in [4.69, 9.17) is 11.6 Å². The number of carbonyl (C=O) groups excluding carboxylic acids is 3. The average molecular weight is 608 g/mol. The van der Waals surface area contributed by atoms with Gasteiger partial charge in [0.1, 0.15) is 6.04 Å². The molecule has 222 valence electrons. The van der Waals surface area contributed by atoms with Gasteiger partial charge in [0, 0.05) is 34.7 Å². The fraction of sp³-hybridized carbons (Fsp3) is 0.424. The lowest BCUT2D eigenvalue weighted by molar-refractivity contribution is -0.142. The van der Waals surface area contributed by atoms with Gasteiger partial charge in [0.25, 0.3) is 5.91 Å². The normalized spacial score (nSPS) is 26.7. The molecule has 3 fully saturated rings. The van der Waals surface area contributed by atoms with Gasteiger partial charge in [-0.15, -0.1) is 24.9 Å². The Bertz CT molecular complexity index is 1350. The Kier molecular flexibility index (Phi) is 8.88. The maximum atomic E-state index is 14.7. The smallest absolute Gasteiger partial charge is 0.251 e. The lowest BCUT2D eigenvalue weighted by Gasteiger charge is -2.40. The minimum Gasteiger partial charge on any atom is -0.394 e. The SMILES string of the molecule is C=CCN(C(=O)C1N([C@@H](CO)C(C)C)C(=O)[C@@H]2[C@@H](C(=O)N(CC=C)c3ccccc3)[C@H]3CCC12S3)c1ccc(Cl)cc1. The van der Waals surface area contributed by atoms with Crippen LogP contribution in [0, 0.1) is 17.8 Å². The van der Waals surface area contributed by atoms with Crippen molar-refractivity contribution < 1.29 is 19.5 Å². The number of amides is 3. The second-order valence-electron chi connectivity index (χ2n) is 11.6. The predicted molar refractivity (Wildman–Crippen MR) is 170 cm³/mol. The molecule has 2 aromatic carbocycles. The highest BCUT2D eigenvalue weighted by molar-refractivity contribution is 8.02. The first-order valence-corrected chi connectivity index (χ1v) is 15.7. The van der Waals surface area contributed by atoms with E-state index in [1.54, 1.807) is 62.9 Å². The maximum absolute atomic E-state index is 14.7. The quantitative estimate of drug-likeness (QED) is 0.356.